The number of ether oxygens (including phenoxy) is 1. The SMILES string of the molecule is O=C(c1cnn(C(=O)N2CC3CN(Cc4ccc(N5CCOCC5)cc4C(F)(F)F)CC3C2)c1)N1CCCC1. The van der Waals surface area contributed by atoms with Crippen LogP contribution in [0.3, 0.4) is 0 Å². The van der Waals surface area contributed by atoms with Crippen molar-refractivity contribution in [3.8, 4) is 0 Å². The molecule has 2 amide bonds. The highest BCUT2D eigenvalue weighted by molar-refractivity contribution is 5.94. The van der Waals surface area contributed by atoms with Crippen LogP contribution in [-0.4, -0.2) is 102 Å². The zero-order chi connectivity index (χ0) is 27.1. The molecule has 5 heterocycles. The molecule has 4 aliphatic heterocycles. The fraction of sp³-hybridized carbons (Fsp3) is 0.593. The smallest absolute Gasteiger partial charge is 0.378 e. The lowest BCUT2D eigenvalue weighted by atomic mass is 10.0. The first-order chi connectivity index (χ1) is 18.8. The van der Waals surface area contributed by atoms with E-state index in [0.29, 0.717) is 63.7 Å². The second-order valence-corrected chi connectivity index (χ2v) is 11.0. The van der Waals surface area contributed by atoms with Gasteiger partial charge in [-0.25, -0.2) is 4.79 Å². The summed E-state index contributed by atoms with van der Waals surface area (Å²) in [5.74, 6) is 0.283. The van der Waals surface area contributed by atoms with Gasteiger partial charge in [-0.3, -0.25) is 9.69 Å². The van der Waals surface area contributed by atoms with Crippen LogP contribution in [0.4, 0.5) is 23.7 Å². The average molecular weight is 547 g/mol. The van der Waals surface area contributed by atoms with Crippen LogP contribution in [0.5, 0.6) is 0 Å². The number of fused-ring (bicyclic) bond motifs is 1. The third-order valence-electron chi connectivity index (χ3n) is 8.42. The van der Waals surface area contributed by atoms with Crippen molar-refractivity contribution in [2.75, 3.05) is 70.5 Å². The van der Waals surface area contributed by atoms with E-state index >= 15 is 0 Å². The summed E-state index contributed by atoms with van der Waals surface area (Å²) in [5, 5.41) is 4.14. The van der Waals surface area contributed by atoms with Gasteiger partial charge in [0, 0.05) is 70.8 Å². The summed E-state index contributed by atoms with van der Waals surface area (Å²) >= 11 is 0. The third-order valence-corrected chi connectivity index (χ3v) is 8.42. The van der Waals surface area contributed by atoms with Crippen LogP contribution >= 0.6 is 0 Å². The van der Waals surface area contributed by atoms with Crippen molar-refractivity contribution in [1.82, 2.24) is 24.5 Å². The van der Waals surface area contributed by atoms with Crippen LogP contribution in [0, 0.1) is 11.8 Å². The standard InChI is InChI=1S/C27H33F3N6O3/c28-27(29,30)24-11-23(33-7-9-39-10-8-33)4-3-19(24)13-32-14-21-16-35(17-22(21)15-32)26(38)36-18-20(12-31-36)25(37)34-5-1-2-6-34/h3-4,11-12,18,21-22H,1-2,5-10,13-17H2. The lowest BCUT2D eigenvalue weighted by Crippen LogP contribution is -2.36. The van der Waals surface area contributed by atoms with Gasteiger partial charge >= 0.3 is 12.2 Å². The van der Waals surface area contributed by atoms with E-state index < -0.39 is 11.7 Å². The van der Waals surface area contributed by atoms with Gasteiger partial charge in [0.05, 0.1) is 30.5 Å². The molecule has 4 aliphatic rings. The Morgan fingerprint density at radius 2 is 1.64 bits per heavy atom. The van der Waals surface area contributed by atoms with Gasteiger partial charge in [-0.15, -0.1) is 0 Å². The number of benzene rings is 1. The summed E-state index contributed by atoms with van der Waals surface area (Å²) in [6, 6.07) is 4.38. The predicted molar refractivity (Wildman–Crippen MR) is 136 cm³/mol. The number of halogens is 3. The molecular formula is C27H33F3N6O3. The lowest BCUT2D eigenvalue weighted by molar-refractivity contribution is -0.138. The molecule has 12 heteroatoms. The molecule has 0 N–H and O–H groups in total. The Bertz CT molecular complexity index is 1210. The van der Waals surface area contributed by atoms with Gasteiger partial charge in [0.15, 0.2) is 0 Å². The molecule has 1 aromatic heterocycles. The van der Waals surface area contributed by atoms with E-state index in [4.69, 9.17) is 4.74 Å². The van der Waals surface area contributed by atoms with E-state index in [9.17, 15) is 22.8 Å². The number of carbonyl (C=O) groups is 2. The van der Waals surface area contributed by atoms with Crippen molar-refractivity contribution >= 4 is 17.6 Å². The molecule has 0 radical (unpaired) electrons. The maximum absolute atomic E-state index is 14.0. The first-order valence-corrected chi connectivity index (χ1v) is 13.6. The molecule has 4 saturated heterocycles. The molecule has 2 aromatic rings. The number of morpholine rings is 1. The van der Waals surface area contributed by atoms with Gasteiger partial charge in [0.2, 0.25) is 0 Å². The van der Waals surface area contributed by atoms with Crippen LogP contribution in [0.2, 0.25) is 0 Å². The predicted octanol–water partition coefficient (Wildman–Crippen LogP) is 3.01. The molecule has 1 aromatic carbocycles. The maximum atomic E-state index is 14.0. The molecule has 9 nitrogen and oxygen atoms in total. The van der Waals surface area contributed by atoms with Crippen molar-refractivity contribution < 1.29 is 27.5 Å². The molecule has 39 heavy (non-hydrogen) atoms. The molecule has 0 aliphatic carbocycles. The minimum atomic E-state index is -4.44. The van der Waals surface area contributed by atoms with Crippen molar-refractivity contribution in [2.24, 2.45) is 11.8 Å². The number of anilines is 1. The highest BCUT2D eigenvalue weighted by Crippen LogP contribution is 2.37. The van der Waals surface area contributed by atoms with Crippen LogP contribution in [-0.2, 0) is 17.5 Å². The van der Waals surface area contributed by atoms with Gasteiger partial charge in [0.25, 0.3) is 5.91 Å². The molecule has 6 rings (SSSR count). The summed E-state index contributed by atoms with van der Waals surface area (Å²) in [7, 11) is 0. The lowest BCUT2D eigenvalue weighted by Gasteiger charge is -2.30. The van der Waals surface area contributed by atoms with Crippen LogP contribution < -0.4 is 4.90 Å². The first kappa shape index (κ1) is 26.1. The second kappa shape index (κ2) is 10.5. The molecule has 2 atom stereocenters. The van der Waals surface area contributed by atoms with Crippen molar-refractivity contribution in [2.45, 2.75) is 25.6 Å². The number of aromatic nitrogens is 2. The zero-order valence-corrected chi connectivity index (χ0v) is 21.8. The first-order valence-electron chi connectivity index (χ1n) is 13.6. The van der Waals surface area contributed by atoms with Crippen LogP contribution in [0.1, 0.15) is 34.3 Å². The number of likely N-dealkylation sites (tertiary alicyclic amines) is 3. The van der Waals surface area contributed by atoms with Crippen molar-refractivity contribution in [3.05, 3.63) is 47.3 Å². The van der Waals surface area contributed by atoms with Crippen molar-refractivity contribution in [3.63, 3.8) is 0 Å². The van der Waals surface area contributed by atoms with Crippen molar-refractivity contribution in [1.29, 1.82) is 0 Å². The molecule has 2 unspecified atom stereocenters. The number of carbonyl (C=O) groups excluding carboxylic acids is 2. The summed E-state index contributed by atoms with van der Waals surface area (Å²) in [4.78, 5) is 33.2. The van der Waals surface area contributed by atoms with E-state index in [1.54, 1.807) is 21.9 Å². The molecule has 0 saturated carbocycles. The second-order valence-electron chi connectivity index (χ2n) is 11.0. The Labute approximate surface area is 225 Å². The van der Waals surface area contributed by atoms with Gasteiger partial charge in [-0.1, -0.05) is 6.07 Å². The third kappa shape index (κ3) is 5.36. The highest BCUT2D eigenvalue weighted by atomic mass is 19.4. The Morgan fingerprint density at radius 1 is 0.949 bits per heavy atom. The Morgan fingerprint density at radius 3 is 2.31 bits per heavy atom. The largest absolute Gasteiger partial charge is 0.416 e. The Balaban J connectivity index is 1.07. The fourth-order valence-corrected chi connectivity index (χ4v) is 6.39. The monoisotopic (exact) mass is 546 g/mol. The molecule has 0 spiro atoms. The zero-order valence-electron chi connectivity index (χ0n) is 21.8. The van der Waals surface area contributed by atoms with E-state index in [1.165, 1.54) is 23.1 Å². The fourth-order valence-electron chi connectivity index (χ4n) is 6.39. The quantitative estimate of drug-likeness (QED) is 0.587. The molecule has 0 bridgehead atoms. The topological polar surface area (TPSA) is 74.2 Å². The van der Waals surface area contributed by atoms with Gasteiger partial charge < -0.3 is 19.4 Å². The van der Waals surface area contributed by atoms with E-state index in [0.717, 1.165) is 25.9 Å². The number of nitrogens with zero attached hydrogens (tertiary/aromatic N) is 6. The minimum absolute atomic E-state index is 0.100. The van der Waals surface area contributed by atoms with Gasteiger partial charge in [0.1, 0.15) is 0 Å². The normalized spacial score (nSPS) is 24.0. The maximum Gasteiger partial charge on any atom is 0.416 e. The number of hydrogen-bond donors (Lipinski definition) is 0. The number of alkyl halides is 3. The summed E-state index contributed by atoms with van der Waals surface area (Å²) in [6.45, 7) is 6.18. The van der Waals surface area contributed by atoms with E-state index in [2.05, 4.69) is 10.00 Å². The van der Waals surface area contributed by atoms with E-state index in [-0.39, 0.29) is 35.9 Å². The summed E-state index contributed by atoms with van der Waals surface area (Å²) < 4.78 is 48.6. The van der Waals surface area contributed by atoms with Gasteiger partial charge in [-0.05, 0) is 42.4 Å². The minimum Gasteiger partial charge on any atom is -0.378 e. The highest BCUT2D eigenvalue weighted by Gasteiger charge is 2.43. The Hall–Kier alpha value is -3.12. The van der Waals surface area contributed by atoms with E-state index in [1.807, 2.05) is 4.90 Å². The average Bonchev–Trinajstić information content (AvgIpc) is 3.73. The molecule has 210 valence electrons. The molecule has 4 fully saturated rings. The number of rotatable bonds is 4. The van der Waals surface area contributed by atoms with Crippen LogP contribution in [0.25, 0.3) is 0 Å². The van der Waals surface area contributed by atoms with Crippen LogP contribution in [0.15, 0.2) is 30.6 Å². The number of hydrogen-bond acceptors (Lipinski definition) is 6. The number of amides is 2. The Kier molecular flexibility index (Phi) is 7.00. The van der Waals surface area contributed by atoms with Gasteiger partial charge in [-0.2, -0.15) is 23.0 Å². The molecular weight excluding hydrogens is 513 g/mol. The summed E-state index contributed by atoms with van der Waals surface area (Å²) in [6.07, 6.45) is 0.491. The summed E-state index contributed by atoms with van der Waals surface area (Å²) in [5.41, 5.74) is 0.680.